The molecule has 1 rings (SSSR count). The highest BCUT2D eigenvalue weighted by molar-refractivity contribution is 7.89. The molecule has 0 aromatic heterocycles. The Kier molecular flexibility index (Phi) is 5.35. The number of halogens is 3. The number of carboxylic acids is 1. The van der Waals surface area contributed by atoms with Crippen LogP contribution >= 0.6 is 0 Å². The summed E-state index contributed by atoms with van der Waals surface area (Å²) in [6.07, 6.45) is -4.18. The van der Waals surface area contributed by atoms with E-state index in [9.17, 15) is 26.4 Å². The minimum absolute atomic E-state index is 0.0321. The number of carboxylic acid groups (broad SMARTS) is 1. The van der Waals surface area contributed by atoms with Gasteiger partial charge in [0, 0.05) is 6.54 Å². The van der Waals surface area contributed by atoms with E-state index in [0.29, 0.717) is 18.6 Å². The molecule has 0 unspecified atom stereocenters. The molecule has 21 heavy (non-hydrogen) atoms. The summed E-state index contributed by atoms with van der Waals surface area (Å²) in [6, 6.07) is 2.95. The number of alkyl halides is 3. The number of carbonyl (C=O) groups is 1. The molecule has 0 heterocycles. The van der Waals surface area contributed by atoms with Gasteiger partial charge in [-0.15, -0.1) is 0 Å². The van der Waals surface area contributed by atoms with Crippen LogP contribution in [0.2, 0.25) is 0 Å². The van der Waals surface area contributed by atoms with Crippen LogP contribution in [0.1, 0.15) is 18.9 Å². The van der Waals surface area contributed by atoms with Gasteiger partial charge in [0.25, 0.3) is 0 Å². The van der Waals surface area contributed by atoms with Gasteiger partial charge in [-0.3, -0.25) is 4.79 Å². The van der Waals surface area contributed by atoms with E-state index in [2.05, 4.69) is 0 Å². The SMILES string of the molecule is CCCN(CC(=O)O)S(=O)(=O)c1ccc(C(F)(F)F)cc1. The Labute approximate surface area is 120 Å². The Bertz CT molecular complexity index is 596. The molecule has 9 heteroatoms. The second-order valence-corrected chi connectivity index (χ2v) is 6.19. The van der Waals surface area contributed by atoms with Crippen LogP contribution < -0.4 is 0 Å². The van der Waals surface area contributed by atoms with Gasteiger partial charge >= 0.3 is 12.1 Å². The van der Waals surface area contributed by atoms with Crippen LogP contribution in [0.25, 0.3) is 0 Å². The van der Waals surface area contributed by atoms with Gasteiger partial charge in [0.05, 0.1) is 10.5 Å². The van der Waals surface area contributed by atoms with Gasteiger partial charge in [0.2, 0.25) is 10.0 Å². The molecule has 0 aliphatic heterocycles. The normalized spacial score (nSPS) is 12.6. The molecule has 1 aromatic rings. The van der Waals surface area contributed by atoms with E-state index in [0.717, 1.165) is 16.4 Å². The summed E-state index contributed by atoms with van der Waals surface area (Å²) >= 11 is 0. The molecule has 0 fully saturated rings. The van der Waals surface area contributed by atoms with Crippen molar-refractivity contribution in [3.05, 3.63) is 29.8 Å². The van der Waals surface area contributed by atoms with Crippen molar-refractivity contribution >= 4 is 16.0 Å². The van der Waals surface area contributed by atoms with E-state index in [-0.39, 0.29) is 11.4 Å². The van der Waals surface area contributed by atoms with Crippen molar-refractivity contribution in [1.82, 2.24) is 4.31 Å². The predicted octanol–water partition coefficient (Wildman–Crippen LogP) is 2.19. The van der Waals surface area contributed by atoms with Gasteiger partial charge in [0.15, 0.2) is 0 Å². The van der Waals surface area contributed by atoms with Crippen molar-refractivity contribution in [3.63, 3.8) is 0 Å². The molecule has 5 nitrogen and oxygen atoms in total. The summed E-state index contributed by atoms with van der Waals surface area (Å²) in [6.45, 7) is 0.893. The topological polar surface area (TPSA) is 74.7 Å². The Morgan fingerprint density at radius 3 is 2.14 bits per heavy atom. The minimum atomic E-state index is -4.56. The fraction of sp³-hybridized carbons (Fsp3) is 0.417. The molecule has 0 radical (unpaired) electrons. The first-order chi connectivity index (χ1) is 9.59. The number of hydrogen-bond acceptors (Lipinski definition) is 3. The molecular formula is C12H14F3NO4S. The van der Waals surface area contributed by atoms with Gasteiger partial charge in [-0.05, 0) is 30.7 Å². The van der Waals surface area contributed by atoms with Crippen LogP contribution in [-0.4, -0.2) is 36.9 Å². The van der Waals surface area contributed by atoms with Crippen molar-refractivity contribution in [3.8, 4) is 0 Å². The molecule has 0 aliphatic carbocycles. The van der Waals surface area contributed by atoms with Gasteiger partial charge in [-0.2, -0.15) is 17.5 Å². The molecular weight excluding hydrogens is 311 g/mol. The predicted molar refractivity (Wildman–Crippen MR) is 68.1 cm³/mol. The van der Waals surface area contributed by atoms with Crippen molar-refractivity contribution in [1.29, 1.82) is 0 Å². The third-order valence-electron chi connectivity index (χ3n) is 2.60. The number of aliphatic carboxylic acids is 1. The Morgan fingerprint density at radius 2 is 1.76 bits per heavy atom. The molecule has 0 bridgehead atoms. The van der Waals surface area contributed by atoms with E-state index in [4.69, 9.17) is 5.11 Å². The zero-order chi connectivity index (χ0) is 16.3. The van der Waals surface area contributed by atoms with E-state index in [1.807, 2.05) is 0 Å². The number of benzene rings is 1. The number of rotatable bonds is 6. The maximum atomic E-state index is 12.4. The number of nitrogens with zero attached hydrogens (tertiary/aromatic N) is 1. The highest BCUT2D eigenvalue weighted by atomic mass is 32.2. The van der Waals surface area contributed by atoms with Crippen LogP contribution in [0.4, 0.5) is 13.2 Å². The van der Waals surface area contributed by atoms with Crippen molar-refractivity contribution < 1.29 is 31.5 Å². The molecule has 1 N–H and O–H groups in total. The molecule has 0 aliphatic rings. The molecule has 0 amide bonds. The largest absolute Gasteiger partial charge is 0.480 e. The van der Waals surface area contributed by atoms with E-state index < -0.39 is 34.3 Å². The first-order valence-corrected chi connectivity index (χ1v) is 7.42. The lowest BCUT2D eigenvalue weighted by molar-refractivity contribution is -0.138. The van der Waals surface area contributed by atoms with Crippen molar-refractivity contribution in [2.75, 3.05) is 13.1 Å². The van der Waals surface area contributed by atoms with Gasteiger partial charge in [-0.25, -0.2) is 8.42 Å². The van der Waals surface area contributed by atoms with Gasteiger partial charge in [0.1, 0.15) is 6.54 Å². The lowest BCUT2D eigenvalue weighted by atomic mass is 10.2. The summed E-state index contributed by atoms with van der Waals surface area (Å²) in [4.78, 5) is 10.3. The second-order valence-electron chi connectivity index (χ2n) is 4.25. The van der Waals surface area contributed by atoms with Crippen LogP contribution in [0.5, 0.6) is 0 Å². The molecule has 0 atom stereocenters. The Hall–Kier alpha value is -1.61. The van der Waals surface area contributed by atoms with E-state index >= 15 is 0 Å². The third kappa shape index (κ3) is 4.43. The molecule has 0 saturated carbocycles. The van der Waals surface area contributed by atoms with E-state index in [1.54, 1.807) is 6.92 Å². The van der Waals surface area contributed by atoms with Crippen LogP contribution in [0.15, 0.2) is 29.2 Å². The van der Waals surface area contributed by atoms with Crippen molar-refractivity contribution in [2.45, 2.75) is 24.4 Å². The highest BCUT2D eigenvalue weighted by Gasteiger charge is 2.31. The lowest BCUT2D eigenvalue weighted by Crippen LogP contribution is -2.36. The summed E-state index contributed by atoms with van der Waals surface area (Å²) in [5.41, 5.74) is -0.971. The third-order valence-corrected chi connectivity index (χ3v) is 4.46. The summed E-state index contributed by atoms with van der Waals surface area (Å²) in [5, 5.41) is 8.72. The zero-order valence-electron chi connectivity index (χ0n) is 11.1. The average molecular weight is 325 g/mol. The highest BCUT2D eigenvalue weighted by Crippen LogP contribution is 2.30. The monoisotopic (exact) mass is 325 g/mol. The molecule has 0 saturated heterocycles. The van der Waals surface area contributed by atoms with E-state index in [1.165, 1.54) is 0 Å². The number of sulfonamides is 1. The fourth-order valence-electron chi connectivity index (χ4n) is 1.65. The fourth-order valence-corrected chi connectivity index (χ4v) is 3.13. The standard InChI is InChI=1S/C12H14F3NO4S/c1-2-7-16(8-11(17)18)21(19,20)10-5-3-9(4-6-10)12(13,14)15/h3-6H,2,7-8H2,1H3,(H,17,18). The molecule has 0 spiro atoms. The summed E-state index contributed by atoms with van der Waals surface area (Å²) in [5.74, 6) is -1.33. The van der Waals surface area contributed by atoms with Gasteiger partial charge < -0.3 is 5.11 Å². The first kappa shape index (κ1) is 17.4. The molecule has 1 aromatic carbocycles. The maximum Gasteiger partial charge on any atom is 0.416 e. The van der Waals surface area contributed by atoms with Gasteiger partial charge in [-0.1, -0.05) is 6.92 Å². The number of hydrogen-bond donors (Lipinski definition) is 1. The Balaban J connectivity index is 3.13. The Morgan fingerprint density at radius 1 is 1.24 bits per heavy atom. The lowest BCUT2D eigenvalue weighted by Gasteiger charge is -2.19. The first-order valence-electron chi connectivity index (χ1n) is 5.98. The van der Waals surface area contributed by atoms with Crippen LogP contribution in [-0.2, 0) is 21.0 Å². The smallest absolute Gasteiger partial charge is 0.416 e. The quantitative estimate of drug-likeness (QED) is 0.870. The summed E-state index contributed by atoms with van der Waals surface area (Å²) < 4.78 is 62.4. The second kappa shape index (κ2) is 6.44. The summed E-state index contributed by atoms with van der Waals surface area (Å²) in [7, 11) is -4.14. The maximum absolute atomic E-state index is 12.4. The zero-order valence-corrected chi connectivity index (χ0v) is 11.9. The molecule has 118 valence electrons. The minimum Gasteiger partial charge on any atom is -0.480 e. The van der Waals surface area contributed by atoms with Crippen LogP contribution in [0, 0.1) is 0 Å². The average Bonchev–Trinajstić information content (AvgIpc) is 2.37. The van der Waals surface area contributed by atoms with Crippen LogP contribution in [0.3, 0.4) is 0 Å². The van der Waals surface area contributed by atoms with Crippen molar-refractivity contribution in [2.24, 2.45) is 0 Å².